The minimum absolute atomic E-state index is 0.0559. The van der Waals surface area contributed by atoms with Crippen LogP contribution in [0.25, 0.3) is 39.0 Å². The summed E-state index contributed by atoms with van der Waals surface area (Å²) in [5.41, 5.74) is 21.0. The summed E-state index contributed by atoms with van der Waals surface area (Å²) in [6, 6.07) is 57.3. The third-order valence-corrected chi connectivity index (χ3v) is 13.1. The van der Waals surface area contributed by atoms with Gasteiger partial charge in [0.05, 0.1) is 10.8 Å². The summed E-state index contributed by atoms with van der Waals surface area (Å²) in [7, 11) is 0. The first-order valence-corrected chi connectivity index (χ1v) is 18.9. The number of allylic oxidation sites excluding steroid dienone is 4. The lowest BCUT2D eigenvalue weighted by Gasteiger charge is -2.33. The molecule has 0 fully saturated rings. The Morgan fingerprint density at radius 1 is 0.453 bits per heavy atom. The van der Waals surface area contributed by atoms with Crippen molar-refractivity contribution in [2.75, 3.05) is 0 Å². The molecule has 0 aliphatic heterocycles. The normalized spacial score (nSPS) is 19.7. The van der Waals surface area contributed by atoms with Crippen LogP contribution >= 0.6 is 0 Å². The number of fused-ring (bicyclic) bond motifs is 19. The van der Waals surface area contributed by atoms with Crippen LogP contribution < -0.4 is 0 Å². The summed E-state index contributed by atoms with van der Waals surface area (Å²) in [6.45, 7) is 2.36. The average Bonchev–Trinajstić information content (AvgIpc) is 3.89. The van der Waals surface area contributed by atoms with Crippen LogP contribution in [0.5, 0.6) is 0 Å². The van der Waals surface area contributed by atoms with Gasteiger partial charge in [-0.05, 0) is 114 Å². The first-order chi connectivity index (χ1) is 26.1. The lowest BCUT2D eigenvalue weighted by Crippen LogP contribution is -2.27. The van der Waals surface area contributed by atoms with Crippen molar-refractivity contribution in [1.29, 1.82) is 0 Å². The first kappa shape index (κ1) is 29.3. The van der Waals surface area contributed by atoms with E-state index < -0.39 is 10.8 Å². The Morgan fingerprint density at radius 3 is 1.32 bits per heavy atom. The number of hydrogen-bond acceptors (Lipinski definition) is 1. The van der Waals surface area contributed by atoms with Gasteiger partial charge in [0, 0.05) is 11.1 Å². The minimum Gasteiger partial charge on any atom is -0.289 e. The van der Waals surface area contributed by atoms with E-state index in [0.717, 1.165) is 17.5 Å². The van der Waals surface area contributed by atoms with Gasteiger partial charge in [-0.1, -0.05) is 165 Å². The molecule has 1 nitrogen and oxygen atoms in total. The molecule has 5 aliphatic rings. The van der Waals surface area contributed by atoms with Crippen molar-refractivity contribution in [2.24, 2.45) is 5.92 Å². The number of benzene rings is 7. The Bertz CT molecular complexity index is 2800. The summed E-state index contributed by atoms with van der Waals surface area (Å²) in [4.78, 5) is 15.0. The van der Waals surface area contributed by atoms with E-state index in [2.05, 4.69) is 177 Å². The zero-order valence-corrected chi connectivity index (χ0v) is 29.4. The molecule has 7 aromatic carbocycles. The van der Waals surface area contributed by atoms with E-state index in [0.29, 0.717) is 5.92 Å². The van der Waals surface area contributed by atoms with E-state index in [-0.39, 0.29) is 5.78 Å². The van der Waals surface area contributed by atoms with Crippen LogP contribution in [0.4, 0.5) is 0 Å². The molecule has 0 N–H and O–H groups in total. The second-order valence-corrected chi connectivity index (χ2v) is 15.4. The number of hydrogen-bond donors (Lipinski definition) is 0. The first-order valence-electron chi connectivity index (χ1n) is 18.9. The number of carbonyl (C=O) groups excluding carboxylic acids is 1. The average molecular weight is 675 g/mol. The van der Waals surface area contributed by atoms with E-state index in [1.807, 2.05) is 0 Å². The van der Waals surface area contributed by atoms with E-state index in [1.54, 1.807) is 0 Å². The Kier molecular flexibility index (Phi) is 5.62. The summed E-state index contributed by atoms with van der Waals surface area (Å²) in [5.74, 6) is 0.477. The van der Waals surface area contributed by atoms with Crippen molar-refractivity contribution < 1.29 is 4.79 Å². The molecule has 248 valence electrons. The molecule has 53 heavy (non-hydrogen) atoms. The maximum absolute atomic E-state index is 15.0. The molecule has 0 amide bonds. The fourth-order valence-corrected chi connectivity index (χ4v) is 11.2. The molecule has 5 aliphatic carbocycles. The quantitative estimate of drug-likeness (QED) is 0.167. The zero-order valence-electron chi connectivity index (χ0n) is 29.4. The van der Waals surface area contributed by atoms with Crippen LogP contribution in [0.2, 0.25) is 0 Å². The van der Waals surface area contributed by atoms with Gasteiger partial charge in [-0.15, -0.1) is 0 Å². The number of ketones is 1. The topological polar surface area (TPSA) is 17.1 Å². The van der Waals surface area contributed by atoms with Crippen molar-refractivity contribution in [1.82, 2.24) is 0 Å². The van der Waals surface area contributed by atoms with Crippen molar-refractivity contribution in [3.63, 3.8) is 0 Å². The van der Waals surface area contributed by atoms with Gasteiger partial charge in [-0.3, -0.25) is 4.79 Å². The van der Waals surface area contributed by atoms with Crippen LogP contribution in [-0.4, -0.2) is 5.78 Å². The molecular formula is C52H34O. The van der Waals surface area contributed by atoms with Gasteiger partial charge in [0.25, 0.3) is 0 Å². The highest BCUT2D eigenvalue weighted by atomic mass is 16.1. The van der Waals surface area contributed by atoms with Crippen LogP contribution in [0.3, 0.4) is 0 Å². The predicted molar refractivity (Wildman–Crippen MR) is 214 cm³/mol. The van der Waals surface area contributed by atoms with Gasteiger partial charge in [-0.25, -0.2) is 0 Å². The maximum Gasteiger partial charge on any atom is 0.193 e. The van der Waals surface area contributed by atoms with E-state index in [4.69, 9.17) is 0 Å². The Hall–Kier alpha value is -6.31. The second-order valence-electron chi connectivity index (χ2n) is 15.4. The van der Waals surface area contributed by atoms with Crippen molar-refractivity contribution in [3.05, 3.63) is 231 Å². The monoisotopic (exact) mass is 674 g/mol. The highest BCUT2D eigenvalue weighted by Gasteiger charge is 2.54. The zero-order chi connectivity index (χ0) is 35.1. The van der Waals surface area contributed by atoms with Crippen LogP contribution in [0.1, 0.15) is 73.8 Å². The molecule has 1 heteroatoms. The van der Waals surface area contributed by atoms with Gasteiger partial charge >= 0.3 is 0 Å². The lowest BCUT2D eigenvalue weighted by molar-refractivity contribution is 0.103. The molecule has 0 saturated heterocycles. The fourth-order valence-electron chi connectivity index (χ4n) is 11.2. The molecule has 0 bridgehead atoms. The van der Waals surface area contributed by atoms with Crippen molar-refractivity contribution in [2.45, 2.75) is 24.2 Å². The summed E-state index contributed by atoms with van der Waals surface area (Å²) in [5, 5.41) is 0. The molecule has 0 saturated carbocycles. The molecule has 2 spiro atoms. The Morgan fingerprint density at radius 2 is 0.830 bits per heavy atom. The minimum atomic E-state index is -0.487. The molecule has 2 unspecified atom stereocenters. The van der Waals surface area contributed by atoms with Crippen LogP contribution in [-0.2, 0) is 10.8 Å². The molecule has 0 radical (unpaired) electrons. The standard InChI is InChI=1S/C52H34O/c1-31-13-12-24-46-49(31)40-18-6-11-23-45(40)52(46)44-22-10-5-17-37(44)39-28-26-33(30-48(39)52)50(53)32-25-27-38-36-16-4-9-21-43(36)51(47(38)29-32)41-19-7-2-14-34(41)35-15-3-8-20-42(35)51/h2-12,14-31H,13H2,1H3. The smallest absolute Gasteiger partial charge is 0.193 e. The van der Waals surface area contributed by atoms with Crippen molar-refractivity contribution in [3.8, 4) is 33.4 Å². The van der Waals surface area contributed by atoms with E-state index in [1.165, 1.54) is 89.0 Å². The molecule has 2 atom stereocenters. The number of carbonyl (C=O) groups is 1. The van der Waals surface area contributed by atoms with Crippen LogP contribution in [0.15, 0.2) is 175 Å². The Labute approximate surface area is 309 Å². The summed E-state index contributed by atoms with van der Waals surface area (Å²) < 4.78 is 0. The lowest BCUT2D eigenvalue weighted by atomic mass is 9.68. The van der Waals surface area contributed by atoms with Gasteiger partial charge in [-0.2, -0.15) is 0 Å². The van der Waals surface area contributed by atoms with Gasteiger partial charge in [0.2, 0.25) is 0 Å². The van der Waals surface area contributed by atoms with Gasteiger partial charge in [0.15, 0.2) is 5.78 Å². The molecule has 12 rings (SSSR count). The summed E-state index contributed by atoms with van der Waals surface area (Å²) >= 11 is 0. The fraction of sp³-hybridized carbons (Fsp3) is 0.0962. The summed E-state index contributed by atoms with van der Waals surface area (Å²) in [6.07, 6.45) is 5.77. The SMILES string of the molecule is CC1CC=CC2=C1c1ccccc1C21c2ccccc2-c2ccc(C(=O)c3ccc4c(c3)C3(c5ccccc5-c5ccccc53)c3ccccc3-4)cc21. The van der Waals surface area contributed by atoms with E-state index >= 15 is 4.79 Å². The number of rotatable bonds is 2. The van der Waals surface area contributed by atoms with Gasteiger partial charge in [0.1, 0.15) is 0 Å². The third-order valence-electron chi connectivity index (χ3n) is 13.1. The highest BCUT2D eigenvalue weighted by Crippen LogP contribution is 2.65. The molecule has 0 heterocycles. The van der Waals surface area contributed by atoms with E-state index in [9.17, 15) is 0 Å². The maximum atomic E-state index is 15.0. The molecule has 0 aromatic heterocycles. The van der Waals surface area contributed by atoms with Gasteiger partial charge < -0.3 is 0 Å². The Balaban J connectivity index is 1.07. The second kappa shape index (κ2) is 10.2. The predicted octanol–water partition coefficient (Wildman–Crippen LogP) is 11.9. The molecule has 7 aromatic rings. The van der Waals surface area contributed by atoms with Crippen molar-refractivity contribution >= 4 is 11.4 Å². The van der Waals surface area contributed by atoms with Crippen LogP contribution in [0, 0.1) is 5.92 Å². The third kappa shape index (κ3) is 3.38. The highest BCUT2D eigenvalue weighted by molar-refractivity contribution is 6.11. The largest absolute Gasteiger partial charge is 0.289 e. The molecular weight excluding hydrogens is 641 g/mol.